The monoisotopic (exact) mass is 144 g/mol. The molecule has 0 saturated carbocycles. The lowest BCUT2D eigenvalue weighted by Crippen LogP contribution is -2.07. The van der Waals surface area contributed by atoms with Crippen LogP contribution in [0.15, 0.2) is 0 Å². The molecule has 10 heavy (non-hydrogen) atoms. The topological polar surface area (TPSA) is 60.7 Å². The summed E-state index contributed by atoms with van der Waals surface area (Å²) in [6.07, 6.45) is 8.30. The number of unbranched alkanes of at least 4 members (excludes halogenated alkanes) is 2. The zero-order valence-electron chi connectivity index (χ0n) is 6.12. The number of hydrogen-bond donors (Lipinski definition) is 3. The van der Waals surface area contributed by atoms with Crippen LogP contribution in [0, 0.1) is 12.3 Å². The molecule has 0 saturated heterocycles. The predicted molar refractivity (Wildman–Crippen MR) is 40.8 cm³/mol. The molecule has 0 heterocycles. The molecule has 0 aliphatic heterocycles. The second-order valence-corrected chi connectivity index (χ2v) is 1.65. The first-order chi connectivity index (χ1) is 4.65. The van der Waals surface area contributed by atoms with Gasteiger partial charge in [0, 0.05) is 6.42 Å². The average molecular weight is 144 g/mol. The van der Waals surface area contributed by atoms with Gasteiger partial charge < -0.3 is 15.1 Å². The van der Waals surface area contributed by atoms with Crippen LogP contribution in [-0.4, -0.2) is 22.4 Å². The van der Waals surface area contributed by atoms with Crippen molar-refractivity contribution in [3.05, 3.63) is 0 Å². The summed E-state index contributed by atoms with van der Waals surface area (Å²) in [7, 11) is -2.17. The van der Waals surface area contributed by atoms with Crippen LogP contribution in [0.2, 0.25) is 0 Å². The third-order valence-corrected chi connectivity index (χ3v) is 0.675. The fraction of sp³-hybridized carbons (Fsp3) is 0.667. The average Bonchev–Trinajstić information content (AvgIpc) is 1.82. The molecular weight excluding hydrogens is 131 g/mol. The Morgan fingerprint density at radius 2 is 1.80 bits per heavy atom. The van der Waals surface area contributed by atoms with Gasteiger partial charge in [-0.15, -0.1) is 12.3 Å². The maximum absolute atomic E-state index is 7.17. The van der Waals surface area contributed by atoms with Gasteiger partial charge >= 0.3 is 7.32 Å². The SMILES string of the molecule is C#CCCCC.OB(O)O. The molecule has 0 rings (SSSR count). The van der Waals surface area contributed by atoms with E-state index in [9.17, 15) is 0 Å². The van der Waals surface area contributed by atoms with Crippen molar-refractivity contribution in [3.63, 3.8) is 0 Å². The first kappa shape index (κ1) is 12.2. The van der Waals surface area contributed by atoms with Crippen molar-refractivity contribution in [2.45, 2.75) is 26.2 Å². The normalized spacial score (nSPS) is 7.10. The minimum Gasteiger partial charge on any atom is -0.402 e. The summed E-state index contributed by atoms with van der Waals surface area (Å²) in [4.78, 5) is 0. The molecule has 0 aliphatic rings. The van der Waals surface area contributed by atoms with Crippen LogP contribution in [0.5, 0.6) is 0 Å². The van der Waals surface area contributed by atoms with E-state index in [1.54, 1.807) is 0 Å². The van der Waals surface area contributed by atoms with E-state index in [1.807, 2.05) is 0 Å². The van der Waals surface area contributed by atoms with Gasteiger partial charge in [-0.25, -0.2) is 0 Å². The van der Waals surface area contributed by atoms with Crippen LogP contribution in [0.4, 0.5) is 0 Å². The van der Waals surface area contributed by atoms with Crippen molar-refractivity contribution < 1.29 is 15.1 Å². The Kier molecular flexibility index (Phi) is 13.8. The molecule has 3 N–H and O–H groups in total. The molecule has 0 aromatic heterocycles. The van der Waals surface area contributed by atoms with Gasteiger partial charge in [0.05, 0.1) is 0 Å². The minimum atomic E-state index is -2.17. The molecule has 0 spiro atoms. The van der Waals surface area contributed by atoms with Gasteiger partial charge in [0.15, 0.2) is 0 Å². The van der Waals surface area contributed by atoms with Gasteiger partial charge in [0.25, 0.3) is 0 Å². The smallest absolute Gasteiger partial charge is 0.402 e. The second kappa shape index (κ2) is 11.3. The molecule has 0 aliphatic carbocycles. The second-order valence-electron chi connectivity index (χ2n) is 1.65. The van der Waals surface area contributed by atoms with E-state index in [-0.39, 0.29) is 0 Å². The van der Waals surface area contributed by atoms with E-state index in [0.29, 0.717) is 0 Å². The zero-order valence-corrected chi connectivity index (χ0v) is 6.12. The van der Waals surface area contributed by atoms with Crippen molar-refractivity contribution >= 4 is 7.32 Å². The van der Waals surface area contributed by atoms with Gasteiger partial charge in [-0.05, 0) is 6.42 Å². The van der Waals surface area contributed by atoms with E-state index >= 15 is 0 Å². The Morgan fingerprint density at radius 3 is 1.90 bits per heavy atom. The van der Waals surface area contributed by atoms with Gasteiger partial charge in [-0.2, -0.15) is 0 Å². The van der Waals surface area contributed by atoms with Crippen molar-refractivity contribution in [1.82, 2.24) is 0 Å². The molecule has 0 atom stereocenters. The first-order valence-electron chi connectivity index (χ1n) is 3.12. The minimum absolute atomic E-state index is 0.941. The lowest BCUT2D eigenvalue weighted by Gasteiger charge is -1.79. The highest BCUT2D eigenvalue weighted by molar-refractivity contribution is 6.30. The highest BCUT2D eigenvalue weighted by Crippen LogP contribution is 1.88. The van der Waals surface area contributed by atoms with E-state index in [1.165, 1.54) is 12.8 Å². The highest BCUT2D eigenvalue weighted by atomic mass is 16.5. The first-order valence-corrected chi connectivity index (χ1v) is 3.12. The number of hydrogen-bond acceptors (Lipinski definition) is 3. The quantitative estimate of drug-likeness (QED) is 0.284. The fourth-order valence-electron chi connectivity index (χ4n) is 0.279. The van der Waals surface area contributed by atoms with Crippen molar-refractivity contribution in [2.75, 3.05) is 0 Å². The third kappa shape index (κ3) is 50.6. The van der Waals surface area contributed by atoms with E-state index in [4.69, 9.17) is 21.5 Å². The molecule has 4 heteroatoms. The molecule has 3 nitrogen and oxygen atoms in total. The largest absolute Gasteiger partial charge is 0.631 e. The van der Waals surface area contributed by atoms with Crippen LogP contribution in [0.25, 0.3) is 0 Å². The fourth-order valence-corrected chi connectivity index (χ4v) is 0.279. The summed E-state index contributed by atoms with van der Waals surface area (Å²) in [6.45, 7) is 2.14. The van der Waals surface area contributed by atoms with Gasteiger partial charge in [-0.1, -0.05) is 13.3 Å². The lowest BCUT2D eigenvalue weighted by atomic mass is 10.3. The van der Waals surface area contributed by atoms with Crippen molar-refractivity contribution in [2.24, 2.45) is 0 Å². The molecular formula is C6H13BO3. The van der Waals surface area contributed by atoms with Gasteiger partial charge in [0.1, 0.15) is 0 Å². The molecule has 58 valence electrons. The summed E-state index contributed by atoms with van der Waals surface area (Å²) in [5.74, 6) is 2.57. The van der Waals surface area contributed by atoms with E-state index < -0.39 is 7.32 Å². The summed E-state index contributed by atoms with van der Waals surface area (Å²) >= 11 is 0. The summed E-state index contributed by atoms with van der Waals surface area (Å²) in [5.41, 5.74) is 0. The number of rotatable bonds is 2. The number of terminal acetylenes is 1. The molecule has 0 fully saturated rings. The summed E-state index contributed by atoms with van der Waals surface area (Å²) in [5, 5.41) is 21.5. The summed E-state index contributed by atoms with van der Waals surface area (Å²) < 4.78 is 0. The maximum Gasteiger partial charge on any atom is 0.631 e. The zero-order chi connectivity index (χ0) is 8.41. The van der Waals surface area contributed by atoms with Crippen LogP contribution in [0.1, 0.15) is 26.2 Å². The Morgan fingerprint density at radius 1 is 1.40 bits per heavy atom. The van der Waals surface area contributed by atoms with Crippen LogP contribution in [-0.2, 0) is 0 Å². The Balaban J connectivity index is 0. The highest BCUT2D eigenvalue weighted by Gasteiger charge is 1.92. The van der Waals surface area contributed by atoms with E-state index in [0.717, 1.165) is 6.42 Å². The van der Waals surface area contributed by atoms with Crippen molar-refractivity contribution in [1.29, 1.82) is 0 Å². The maximum atomic E-state index is 7.17. The van der Waals surface area contributed by atoms with Crippen LogP contribution in [0.3, 0.4) is 0 Å². The Hall–Kier alpha value is -0.495. The molecule has 0 aromatic rings. The summed E-state index contributed by atoms with van der Waals surface area (Å²) in [6, 6.07) is 0. The third-order valence-electron chi connectivity index (χ3n) is 0.675. The molecule has 0 unspecified atom stereocenters. The molecule has 0 radical (unpaired) electrons. The molecule has 0 bridgehead atoms. The molecule has 0 aromatic carbocycles. The Bertz CT molecular complexity index is 84.7. The van der Waals surface area contributed by atoms with Crippen molar-refractivity contribution in [3.8, 4) is 12.3 Å². The molecule has 0 amide bonds. The van der Waals surface area contributed by atoms with Gasteiger partial charge in [0.2, 0.25) is 0 Å². The predicted octanol–water partition coefficient (Wildman–Crippen LogP) is -0.242. The lowest BCUT2D eigenvalue weighted by molar-refractivity contribution is 0.278. The van der Waals surface area contributed by atoms with Crippen LogP contribution >= 0.6 is 0 Å². The standard InChI is InChI=1S/C6H10.BH3O3/c1-3-5-6-4-2;2-1(3)4/h1H,4-6H2,2H3;2-4H. The van der Waals surface area contributed by atoms with Gasteiger partial charge in [-0.3, -0.25) is 0 Å². The Labute approximate surface area is 61.9 Å². The van der Waals surface area contributed by atoms with Crippen LogP contribution < -0.4 is 0 Å². The van der Waals surface area contributed by atoms with E-state index in [2.05, 4.69) is 12.8 Å².